The van der Waals surface area contributed by atoms with E-state index in [2.05, 4.69) is 10.3 Å². The summed E-state index contributed by atoms with van der Waals surface area (Å²) in [6, 6.07) is 11.7. The molecule has 0 unspecified atom stereocenters. The number of aromatic nitrogens is 1. The van der Waals surface area contributed by atoms with Crippen molar-refractivity contribution in [3.8, 4) is 17.0 Å². The molecule has 3 aromatic rings. The Kier molecular flexibility index (Phi) is 5.63. The summed E-state index contributed by atoms with van der Waals surface area (Å²) in [6.07, 6.45) is 3.33. The lowest BCUT2D eigenvalue weighted by molar-refractivity contribution is -0.111. The minimum atomic E-state index is -0.180. The number of hydrogen-bond acceptors (Lipinski definition) is 5. The minimum Gasteiger partial charge on any atom is -0.494 e. The van der Waals surface area contributed by atoms with Crippen LogP contribution in [0.3, 0.4) is 0 Å². The van der Waals surface area contributed by atoms with Gasteiger partial charge in [-0.3, -0.25) is 10.1 Å². The first-order chi connectivity index (χ1) is 12.2. The highest BCUT2D eigenvalue weighted by molar-refractivity contribution is 7.16. The molecule has 0 aliphatic carbocycles. The van der Waals surface area contributed by atoms with Crippen LogP contribution < -0.4 is 10.1 Å². The first-order valence-electron chi connectivity index (χ1n) is 7.89. The standard InChI is InChI=1S/C19H18N2O2S2/c1-3-23-15-8-6-14(7-9-15)18-13(2)25-19(21-18)20-17(22)11-10-16-5-4-12-24-16/h4-12H,3H2,1-2H3,(H,20,21,22). The van der Waals surface area contributed by atoms with E-state index in [1.165, 1.54) is 17.4 Å². The summed E-state index contributed by atoms with van der Waals surface area (Å²) >= 11 is 3.06. The molecule has 1 aromatic carbocycles. The largest absolute Gasteiger partial charge is 0.494 e. The van der Waals surface area contributed by atoms with Crippen LogP contribution in [0, 0.1) is 6.92 Å². The molecule has 0 fully saturated rings. The van der Waals surface area contributed by atoms with E-state index in [0.29, 0.717) is 11.7 Å². The summed E-state index contributed by atoms with van der Waals surface area (Å²) in [6.45, 7) is 4.60. The third-order valence-electron chi connectivity index (χ3n) is 3.41. The van der Waals surface area contributed by atoms with Crippen molar-refractivity contribution in [2.45, 2.75) is 13.8 Å². The Bertz CT molecular complexity index is 865. The highest BCUT2D eigenvalue weighted by atomic mass is 32.1. The van der Waals surface area contributed by atoms with Gasteiger partial charge in [0.05, 0.1) is 12.3 Å². The van der Waals surface area contributed by atoms with Gasteiger partial charge in [0.2, 0.25) is 5.91 Å². The Labute approximate surface area is 154 Å². The molecule has 0 atom stereocenters. The Morgan fingerprint density at radius 3 is 2.76 bits per heavy atom. The lowest BCUT2D eigenvalue weighted by Crippen LogP contribution is -2.07. The third-order valence-corrected chi connectivity index (χ3v) is 5.13. The van der Waals surface area contributed by atoms with Crippen molar-refractivity contribution >= 4 is 39.8 Å². The molecular formula is C19H18N2O2S2. The van der Waals surface area contributed by atoms with Gasteiger partial charge in [-0.25, -0.2) is 4.98 Å². The van der Waals surface area contributed by atoms with Gasteiger partial charge in [-0.15, -0.1) is 22.7 Å². The molecule has 2 heterocycles. The number of benzene rings is 1. The van der Waals surface area contributed by atoms with Crippen LogP contribution in [-0.4, -0.2) is 17.5 Å². The third kappa shape index (κ3) is 4.55. The van der Waals surface area contributed by atoms with E-state index in [9.17, 15) is 4.79 Å². The van der Waals surface area contributed by atoms with Crippen molar-refractivity contribution in [2.24, 2.45) is 0 Å². The summed E-state index contributed by atoms with van der Waals surface area (Å²) in [5, 5.41) is 5.40. The monoisotopic (exact) mass is 370 g/mol. The number of ether oxygens (including phenoxy) is 1. The Morgan fingerprint density at radius 2 is 2.08 bits per heavy atom. The van der Waals surface area contributed by atoms with Crippen LogP contribution in [-0.2, 0) is 4.79 Å². The number of nitrogens with one attached hydrogen (secondary N) is 1. The zero-order valence-electron chi connectivity index (χ0n) is 14.0. The molecule has 0 saturated heterocycles. The summed E-state index contributed by atoms with van der Waals surface area (Å²) in [4.78, 5) is 18.7. The van der Waals surface area contributed by atoms with Crippen molar-refractivity contribution in [2.75, 3.05) is 11.9 Å². The van der Waals surface area contributed by atoms with Crippen molar-refractivity contribution in [1.29, 1.82) is 0 Å². The van der Waals surface area contributed by atoms with Crippen LogP contribution in [0.1, 0.15) is 16.7 Å². The van der Waals surface area contributed by atoms with E-state index in [1.54, 1.807) is 17.4 Å². The van der Waals surface area contributed by atoms with Gasteiger partial charge in [0.1, 0.15) is 5.75 Å². The number of carbonyl (C=O) groups excluding carboxylic acids is 1. The Morgan fingerprint density at radius 1 is 1.28 bits per heavy atom. The summed E-state index contributed by atoms with van der Waals surface area (Å²) < 4.78 is 5.46. The fourth-order valence-corrected chi connectivity index (χ4v) is 3.74. The number of thiazole rings is 1. The van der Waals surface area contributed by atoms with Crippen molar-refractivity contribution in [3.63, 3.8) is 0 Å². The van der Waals surface area contributed by atoms with Gasteiger partial charge in [-0.05, 0) is 55.6 Å². The topological polar surface area (TPSA) is 51.2 Å². The first kappa shape index (κ1) is 17.4. The maximum Gasteiger partial charge on any atom is 0.250 e. The van der Waals surface area contributed by atoms with Gasteiger partial charge in [0.25, 0.3) is 0 Å². The van der Waals surface area contributed by atoms with E-state index in [0.717, 1.165) is 26.8 Å². The average Bonchev–Trinajstić information content (AvgIpc) is 3.24. The van der Waals surface area contributed by atoms with E-state index < -0.39 is 0 Å². The second-order valence-electron chi connectivity index (χ2n) is 5.22. The van der Waals surface area contributed by atoms with Crippen molar-refractivity contribution in [1.82, 2.24) is 4.98 Å². The van der Waals surface area contributed by atoms with E-state index in [1.807, 2.05) is 55.6 Å². The molecule has 0 spiro atoms. The predicted octanol–water partition coefficient (Wildman–Crippen LogP) is 5.23. The molecule has 0 saturated carbocycles. The molecule has 3 rings (SSSR count). The fraction of sp³-hybridized carbons (Fsp3) is 0.158. The SMILES string of the molecule is CCOc1ccc(-c2nc(NC(=O)C=Cc3cccs3)sc2C)cc1. The van der Waals surface area contributed by atoms with E-state index in [4.69, 9.17) is 4.74 Å². The molecule has 6 heteroatoms. The molecule has 25 heavy (non-hydrogen) atoms. The second-order valence-corrected chi connectivity index (χ2v) is 7.40. The predicted molar refractivity (Wildman–Crippen MR) is 105 cm³/mol. The molecule has 128 valence electrons. The highest BCUT2D eigenvalue weighted by Gasteiger charge is 2.11. The smallest absolute Gasteiger partial charge is 0.250 e. The molecule has 0 radical (unpaired) electrons. The minimum absolute atomic E-state index is 0.180. The number of carbonyl (C=O) groups is 1. The summed E-state index contributed by atoms with van der Waals surface area (Å²) in [5.41, 5.74) is 1.89. The number of thiophene rings is 1. The highest BCUT2D eigenvalue weighted by Crippen LogP contribution is 2.31. The molecule has 0 bridgehead atoms. The quantitative estimate of drug-likeness (QED) is 0.604. The summed E-state index contributed by atoms with van der Waals surface area (Å²) in [7, 11) is 0. The second kappa shape index (κ2) is 8.09. The van der Waals surface area contributed by atoms with Crippen LogP contribution in [0.15, 0.2) is 47.9 Å². The van der Waals surface area contributed by atoms with Gasteiger partial charge in [0, 0.05) is 21.4 Å². The molecule has 1 N–H and O–H groups in total. The van der Waals surface area contributed by atoms with Gasteiger partial charge >= 0.3 is 0 Å². The number of rotatable bonds is 6. The molecule has 0 aliphatic rings. The number of nitrogens with zero attached hydrogens (tertiary/aromatic N) is 1. The molecular weight excluding hydrogens is 352 g/mol. The van der Waals surface area contributed by atoms with Gasteiger partial charge in [0.15, 0.2) is 5.13 Å². The molecule has 4 nitrogen and oxygen atoms in total. The summed E-state index contributed by atoms with van der Waals surface area (Å²) in [5.74, 6) is 0.659. The number of hydrogen-bond donors (Lipinski definition) is 1. The zero-order valence-corrected chi connectivity index (χ0v) is 15.6. The van der Waals surface area contributed by atoms with Crippen LogP contribution in [0.25, 0.3) is 17.3 Å². The Hall–Kier alpha value is -2.44. The lowest BCUT2D eigenvalue weighted by Gasteiger charge is -2.03. The van der Waals surface area contributed by atoms with Crippen molar-refractivity contribution in [3.05, 3.63) is 57.6 Å². The van der Waals surface area contributed by atoms with Crippen LogP contribution in [0.4, 0.5) is 5.13 Å². The molecule has 2 aromatic heterocycles. The molecule has 0 aliphatic heterocycles. The van der Waals surface area contributed by atoms with E-state index in [-0.39, 0.29) is 5.91 Å². The number of aryl methyl sites for hydroxylation is 1. The fourth-order valence-electron chi connectivity index (χ4n) is 2.28. The zero-order chi connectivity index (χ0) is 17.6. The normalized spacial score (nSPS) is 11.0. The number of amides is 1. The molecule has 1 amide bonds. The number of anilines is 1. The van der Waals surface area contributed by atoms with E-state index >= 15 is 0 Å². The maximum absolute atomic E-state index is 12.0. The van der Waals surface area contributed by atoms with Gasteiger partial charge < -0.3 is 4.74 Å². The van der Waals surface area contributed by atoms with Crippen LogP contribution in [0.5, 0.6) is 5.75 Å². The van der Waals surface area contributed by atoms with Crippen LogP contribution in [0.2, 0.25) is 0 Å². The first-order valence-corrected chi connectivity index (χ1v) is 9.58. The maximum atomic E-state index is 12.0. The lowest BCUT2D eigenvalue weighted by atomic mass is 10.1. The van der Waals surface area contributed by atoms with Gasteiger partial charge in [-0.1, -0.05) is 6.07 Å². The van der Waals surface area contributed by atoms with Crippen molar-refractivity contribution < 1.29 is 9.53 Å². The Balaban J connectivity index is 1.70. The van der Waals surface area contributed by atoms with Gasteiger partial charge in [-0.2, -0.15) is 0 Å². The average molecular weight is 370 g/mol. The van der Waals surface area contributed by atoms with Crippen LogP contribution >= 0.6 is 22.7 Å².